The van der Waals surface area contributed by atoms with Crippen LogP contribution in [0.2, 0.25) is 5.02 Å². The summed E-state index contributed by atoms with van der Waals surface area (Å²) in [6, 6.07) is 12.9. The van der Waals surface area contributed by atoms with Crippen LogP contribution in [0.1, 0.15) is 28.9 Å². The Hall–Kier alpha value is -0.840. The molecule has 2 rings (SSSR count). The second-order valence-corrected chi connectivity index (χ2v) is 6.55. The van der Waals surface area contributed by atoms with Gasteiger partial charge in [0.2, 0.25) is 0 Å². The molecule has 0 aliphatic heterocycles. The number of nitrogens with one attached hydrogen (secondary N) is 1. The summed E-state index contributed by atoms with van der Waals surface area (Å²) in [5.74, 6) is -0.127. The molecule has 2 nitrogen and oxygen atoms in total. The van der Waals surface area contributed by atoms with Crippen LogP contribution >= 0.6 is 43.5 Å². The predicted molar refractivity (Wildman–Crippen MR) is 89.2 cm³/mol. The molecule has 1 amide bonds. The van der Waals surface area contributed by atoms with E-state index in [1.54, 1.807) is 18.2 Å². The molecule has 2 aromatic carbocycles. The van der Waals surface area contributed by atoms with Crippen molar-refractivity contribution in [3.8, 4) is 0 Å². The Kier molecular flexibility index (Phi) is 5.24. The minimum atomic E-state index is -0.127. The van der Waals surface area contributed by atoms with Gasteiger partial charge in [-0.3, -0.25) is 4.79 Å². The highest BCUT2D eigenvalue weighted by Gasteiger charge is 2.12. The molecule has 0 unspecified atom stereocenters. The zero-order valence-corrected chi connectivity index (χ0v) is 14.6. The van der Waals surface area contributed by atoms with Crippen molar-refractivity contribution in [1.82, 2.24) is 5.32 Å². The standard InChI is InChI=1S/C15H12Br2ClNO/c1-9(10-2-5-12(16)6-3-10)19-15(20)11-4-7-14(18)13(17)8-11/h2-9H,1H3,(H,19,20)/t9-/m0/s1. The second kappa shape index (κ2) is 6.74. The third kappa shape index (κ3) is 3.84. The number of amides is 1. The van der Waals surface area contributed by atoms with Gasteiger partial charge in [0.15, 0.2) is 0 Å². The van der Waals surface area contributed by atoms with Gasteiger partial charge in [-0.1, -0.05) is 39.7 Å². The number of carbonyl (C=O) groups excluding carboxylic acids is 1. The molecular weight excluding hydrogens is 405 g/mol. The Morgan fingerprint density at radius 2 is 1.80 bits per heavy atom. The highest BCUT2D eigenvalue weighted by atomic mass is 79.9. The monoisotopic (exact) mass is 415 g/mol. The molecule has 0 spiro atoms. The molecule has 0 saturated carbocycles. The van der Waals surface area contributed by atoms with Crippen molar-refractivity contribution in [3.63, 3.8) is 0 Å². The van der Waals surface area contributed by atoms with E-state index in [4.69, 9.17) is 11.6 Å². The van der Waals surface area contributed by atoms with Gasteiger partial charge in [0, 0.05) is 14.5 Å². The SMILES string of the molecule is C[C@H](NC(=O)c1ccc(Cl)c(Br)c1)c1ccc(Br)cc1. The van der Waals surface area contributed by atoms with Crippen LogP contribution in [-0.4, -0.2) is 5.91 Å². The molecule has 0 saturated heterocycles. The van der Waals surface area contributed by atoms with Gasteiger partial charge < -0.3 is 5.32 Å². The van der Waals surface area contributed by atoms with Crippen LogP contribution < -0.4 is 5.32 Å². The Labute approximate surface area is 139 Å². The number of carbonyl (C=O) groups is 1. The molecule has 0 bridgehead atoms. The van der Waals surface area contributed by atoms with Gasteiger partial charge in [0.05, 0.1) is 11.1 Å². The summed E-state index contributed by atoms with van der Waals surface area (Å²) in [5, 5.41) is 3.55. The molecule has 0 aliphatic rings. The first-order valence-corrected chi connectivity index (χ1v) is 7.95. The maximum Gasteiger partial charge on any atom is 0.251 e. The lowest BCUT2D eigenvalue weighted by molar-refractivity contribution is 0.0940. The van der Waals surface area contributed by atoms with Crippen molar-refractivity contribution in [1.29, 1.82) is 0 Å². The van der Waals surface area contributed by atoms with E-state index >= 15 is 0 Å². The summed E-state index contributed by atoms with van der Waals surface area (Å²) < 4.78 is 1.73. The van der Waals surface area contributed by atoms with E-state index in [2.05, 4.69) is 37.2 Å². The minimum Gasteiger partial charge on any atom is -0.346 e. The topological polar surface area (TPSA) is 29.1 Å². The smallest absolute Gasteiger partial charge is 0.251 e. The molecule has 20 heavy (non-hydrogen) atoms. The molecule has 0 aliphatic carbocycles. The van der Waals surface area contributed by atoms with E-state index in [1.807, 2.05) is 31.2 Å². The van der Waals surface area contributed by atoms with Gasteiger partial charge in [0.1, 0.15) is 0 Å². The number of halogens is 3. The molecule has 2 aromatic rings. The maximum atomic E-state index is 12.2. The van der Waals surface area contributed by atoms with E-state index < -0.39 is 0 Å². The fraction of sp³-hybridized carbons (Fsp3) is 0.133. The maximum absolute atomic E-state index is 12.2. The van der Waals surface area contributed by atoms with Crippen molar-refractivity contribution in [2.24, 2.45) is 0 Å². The molecule has 0 radical (unpaired) electrons. The summed E-state index contributed by atoms with van der Waals surface area (Å²) >= 11 is 12.6. The first-order chi connectivity index (χ1) is 9.47. The molecule has 1 atom stereocenters. The van der Waals surface area contributed by atoms with E-state index in [9.17, 15) is 4.79 Å². The third-order valence-corrected chi connectivity index (χ3v) is 4.64. The summed E-state index contributed by atoms with van der Waals surface area (Å²) in [4.78, 5) is 12.2. The minimum absolute atomic E-state index is 0.0648. The number of rotatable bonds is 3. The van der Waals surface area contributed by atoms with Crippen molar-refractivity contribution in [3.05, 3.63) is 67.6 Å². The van der Waals surface area contributed by atoms with E-state index in [0.717, 1.165) is 10.0 Å². The molecule has 0 fully saturated rings. The van der Waals surface area contributed by atoms with Crippen molar-refractivity contribution < 1.29 is 4.79 Å². The van der Waals surface area contributed by atoms with Gasteiger partial charge >= 0.3 is 0 Å². The molecule has 104 valence electrons. The Morgan fingerprint density at radius 1 is 1.15 bits per heavy atom. The zero-order valence-electron chi connectivity index (χ0n) is 10.7. The lowest BCUT2D eigenvalue weighted by Crippen LogP contribution is -2.26. The lowest BCUT2D eigenvalue weighted by Gasteiger charge is -2.14. The van der Waals surface area contributed by atoms with Crippen LogP contribution in [-0.2, 0) is 0 Å². The van der Waals surface area contributed by atoms with E-state index in [-0.39, 0.29) is 11.9 Å². The first-order valence-electron chi connectivity index (χ1n) is 5.99. The van der Waals surface area contributed by atoms with Crippen LogP contribution in [0, 0.1) is 0 Å². The van der Waals surface area contributed by atoms with Gasteiger partial charge in [-0.15, -0.1) is 0 Å². The summed E-state index contributed by atoms with van der Waals surface area (Å²) in [5.41, 5.74) is 1.62. The van der Waals surface area contributed by atoms with Gasteiger partial charge in [-0.05, 0) is 58.7 Å². The average Bonchev–Trinajstić information content (AvgIpc) is 2.42. The highest BCUT2D eigenvalue weighted by molar-refractivity contribution is 9.10. The van der Waals surface area contributed by atoms with Gasteiger partial charge in [0.25, 0.3) is 5.91 Å². The van der Waals surface area contributed by atoms with Crippen LogP contribution in [0.3, 0.4) is 0 Å². The summed E-state index contributed by atoms with van der Waals surface area (Å²) in [7, 11) is 0. The van der Waals surface area contributed by atoms with Crippen LogP contribution in [0.5, 0.6) is 0 Å². The highest BCUT2D eigenvalue weighted by Crippen LogP contribution is 2.24. The largest absolute Gasteiger partial charge is 0.346 e. The number of hydrogen-bond acceptors (Lipinski definition) is 1. The van der Waals surface area contributed by atoms with Crippen molar-refractivity contribution >= 4 is 49.4 Å². The number of benzene rings is 2. The summed E-state index contributed by atoms with van der Waals surface area (Å²) in [6.07, 6.45) is 0. The Bertz CT molecular complexity index is 628. The quantitative estimate of drug-likeness (QED) is 0.716. The van der Waals surface area contributed by atoms with Crippen LogP contribution in [0.4, 0.5) is 0 Å². The third-order valence-electron chi connectivity index (χ3n) is 2.90. The van der Waals surface area contributed by atoms with Crippen LogP contribution in [0.25, 0.3) is 0 Å². The fourth-order valence-corrected chi connectivity index (χ4v) is 2.51. The van der Waals surface area contributed by atoms with Crippen molar-refractivity contribution in [2.75, 3.05) is 0 Å². The van der Waals surface area contributed by atoms with E-state index in [0.29, 0.717) is 15.1 Å². The Balaban J connectivity index is 2.10. The average molecular weight is 418 g/mol. The fourth-order valence-electron chi connectivity index (χ4n) is 1.75. The number of hydrogen-bond donors (Lipinski definition) is 1. The lowest BCUT2D eigenvalue weighted by atomic mass is 10.1. The summed E-state index contributed by atoms with van der Waals surface area (Å²) in [6.45, 7) is 1.95. The molecule has 0 aromatic heterocycles. The predicted octanol–water partition coefficient (Wildman–Crippen LogP) is 5.36. The zero-order chi connectivity index (χ0) is 14.7. The molecule has 1 N–H and O–H groups in total. The second-order valence-electron chi connectivity index (χ2n) is 4.38. The normalized spacial score (nSPS) is 12.0. The van der Waals surface area contributed by atoms with Gasteiger partial charge in [-0.25, -0.2) is 0 Å². The molecule has 0 heterocycles. The molecule has 5 heteroatoms. The Morgan fingerprint density at radius 3 is 2.40 bits per heavy atom. The van der Waals surface area contributed by atoms with E-state index in [1.165, 1.54) is 0 Å². The molecular formula is C15H12Br2ClNO. The van der Waals surface area contributed by atoms with Crippen LogP contribution in [0.15, 0.2) is 51.4 Å². The first kappa shape index (κ1) is 15.5. The van der Waals surface area contributed by atoms with Gasteiger partial charge in [-0.2, -0.15) is 0 Å². The van der Waals surface area contributed by atoms with Crippen molar-refractivity contribution in [2.45, 2.75) is 13.0 Å².